The third kappa shape index (κ3) is 3.46. The van der Waals surface area contributed by atoms with Gasteiger partial charge in [0, 0.05) is 6.42 Å². The smallest absolute Gasteiger partial charge is 0.0753 e. The van der Waals surface area contributed by atoms with Crippen molar-refractivity contribution in [3.63, 3.8) is 0 Å². The summed E-state index contributed by atoms with van der Waals surface area (Å²) in [5.74, 6) is 0. The van der Waals surface area contributed by atoms with Gasteiger partial charge in [0.1, 0.15) is 0 Å². The summed E-state index contributed by atoms with van der Waals surface area (Å²) in [7, 11) is 0. The molecule has 1 aliphatic heterocycles. The predicted molar refractivity (Wildman–Crippen MR) is 100.0 cm³/mol. The van der Waals surface area contributed by atoms with Gasteiger partial charge in [0.25, 0.3) is 0 Å². The highest BCUT2D eigenvalue weighted by Gasteiger charge is 2.31. The molecule has 3 rings (SSSR count). The summed E-state index contributed by atoms with van der Waals surface area (Å²) >= 11 is 0. The minimum absolute atomic E-state index is 0.113. The van der Waals surface area contributed by atoms with Crippen molar-refractivity contribution in [3.8, 4) is 0 Å². The van der Waals surface area contributed by atoms with Crippen LogP contribution in [0.25, 0.3) is 0 Å². The molecule has 0 bridgehead atoms. The van der Waals surface area contributed by atoms with Crippen molar-refractivity contribution < 1.29 is 5.11 Å². The van der Waals surface area contributed by atoms with E-state index in [1.807, 2.05) is 0 Å². The lowest BCUT2D eigenvalue weighted by molar-refractivity contribution is 0.163. The van der Waals surface area contributed by atoms with Crippen LogP contribution >= 0.6 is 0 Å². The van der Waals surface area contributed by atoms with Crippen LogP contribution in [-0.2, 0) is 0 Å². The Morgan fingerprint density at radius 2 is 2.04 bits per heavy atom. The standard InChI is InChI=1S/C21H28N2O/c1-14-6-5-7-16(12-14)19-13-17(22-23-19)8-9-18-15(2)20(24)10-11-21(18,3)4/h5-9,12,19-20,23-24H,10-11,13H2,1-4H3/b9-8+. The number of aliphatic hydroxyl groups excluding tert-OH is 1. The molecule has 3 heteroatoms. The zero-order valence-electron chi connectivity index (χ0n) is 15.1. The molecule has 0 fully saturated rings. The Morgan fingerprint density at radius 1 is 1.25 bits per heavy atom. The molecule has 2 N–H and O–H groups in total. The van der Waals surface area contributed by atoms with Crippen LogP contribution in [0.2, 0.25) is 0 Å². The lowest BCUT2D eigenvalue weighted by Gasteiger charge is -2.35. The summed E-state index contributed by atoms with van der Waals surface area (Å²) in [4.78, 5) is 0. The molecular formula is C21H28N2O. The second-order valence-electron chi connectivity index (χ2n) is 7.77. The first-order chi connectivity index (χ1) is 11.4. The largest absolute Gasteiger partial charge is 0.389 e. The SMILES string of the molecule is CC1=C(/C=C/C2=NNC(c3cccc(C)c3)C2)C(C)(C)CCC1O. The topological polar surface area (TPSA) is 44.6 Å². The van der Waals surface area contributed by atoms with Crippen molar-refractivity contribution in [2.24, 2.45) is 10.5 Å². The first-order valence-corrected chi connectivity index (χ1v) is 8.83. The molecule has 0 saturated heterocycles. The molecule has 1 aromatic rings. The normalized spacial score (nSPS) is 26.6. The van der Waals surface area contributed by atoms with Crippen LogP contribution in [0.5, 0.6) is 0 Å². The number of hydrazone groups is 1. The molecule has 2 unspecified atom stereocenters. The van der Waals surface area contributed by atoms with E-state index < -0.39 is 0 Å². The first kappa shape index (κ1) is 17.0. The maximum atomic E-state index is 10.2. The number of benzene rings is 1. The van der Waals surface area contributed by atoms with E-state index in [1.54, 1.807) is 0 Å². The highest BCUT2D eigenvalue weighted by molar-refractivity contribution is 5.96. The van der Waals surface area contributed by atoms with Crippen LogP contribution in [-0.4, -0.2) is 16.9 Å². The van der Waals surface area contributed by atoms with Gasteiger partial charge in [-0.3, -0.25) is 0 Å². The van der Waals surface area contributed by atoms with E-state index in [9.17, 15) is 5.11 Å². The van der Waals surface area contributed by atoms with Crippen molar-refractivity contribution in [2.75, 3.05) is 0 Å². The molecule has 24 heavy (non-hydrogen) atoms. The van der Waals surface area contributed by atoms with Gasteiger partial charge in [-0.2, -0.15) is 5.10 Å². The Hall–Kier alpha value is -1.87. The summed E-state index contributed by atoms with van der Waals surface area (Å²) in [5, 5.41) is 14.6. The van der Waals surface area contributed by atoms with Gasteiger partial charge in [0.15, 0.2) is 0 Å². The molecular weight excluding hydrogens is 296 g/mol. The van der Waals surface area contributed by atoms with Gasteiger partial charge in [0.05, 0.1) is 17.9 Å². The maximum absolute atomic E-state index is 10.2. The molecule has 2 aliphatic rings. The zero-order chi connectivity index (χ0) is 17.3. The fraction of sp³-hybridized carbons (Fsp3) is 0.476. The third-order valence-corrected chi connectivity index (χ3v) is 5.36. The molecule has 128 valence electrons. The minimum atomic E-state index is -0.304. The van der Waals surface area contributed by atoms with Gasteiger partial charge in [0.2, 0.25) is 0 Å². The number of hydrogen-bond donors (Lipinski definition) is 2. The van der Waals surface area contributed by atoms with Crippen LogP contribution in [0.3, 0.4) is 0 Å². The molecule has 2 atom stereocenters. The number of allylic oxidation sites excluding steroid dienone is 3. The molecule has 0 aromatic heterocycles. The Labute approximate surface area is 145 Å². The van der Waals surface area contributed by atoms with Gasteiger partial charge in [-0.05, 0) is 54.9 Å². The summed E-state index contributed by atoms with van der Waals surface area (Å²) in [6.07, 6.45) is 6.74. The molecule has 1 aromatic carbocycles. The predicted octanol–water partition coefficient (Wildman–Crippen LogP) is 4.44. The van der Waals surface area contributed by atoms with Crippen molar-refractivity contribution in [2.45, 2.75) is 59.1 Å². The molecule has 1 heterocycles. The molecule has 0 spiro atoms. The van der Waals surface area contributed by atoms with Crippen LogP contribution < -0.4 is 5.43 Å². The fourth-order valence-corrected chi connectivity index (χ4v) is 3.74. The lowest BCUT2D eigenvalue weighted by Crippen LogP contribution is -2.27. The first-order valence-electron chi connectivity index (χ1n) is 8.83. The van der Waals surface area contributed by atoms with Crippen LogP contribution in [0, 0.1) is 12.3 Å². The molecule has 0 saturated carbocycles. The average Bonchev–Trinajstić information content (AvgIpc) is 3.00. The highest BCUT2D eigenvalue weighted by Crippen LogP contribution is 2.41. The van der Waals surface area contributed by atoms with Crippen molar-refractivity contribution in [1.82, 2.24) is 5.43 Å². The number of nitrogens with one attached hydrogen (secondary N) is 1. The van der Waals surface area contributed by atoms with E-state index in [-0.39, 0.29) is 17.6 Å². The highest BCUT2D eigenvalue weighted by atomic mass is 16.3. The van der Waals surface area contributed by atoms with Crippen LogP contribution in [0.4, 0.5) is 0 Å². The molecule has 1 aliphatic carbocycles. The molecule has 0 radical (unpaired) electrons. The van der Waals surface area contributed by atoms with E-state index in [4.69, 9.17) is 0 Å². The van der Waals surface area contributed by atoms with E-state index in [1.165, 1.54) is 16.7 Å². The average molecular weight is 324 g/mol. The third-order valence-electron chi connectivity index (χ3n) is 5.36. The van der Waals surface area contributed by atoms with Gasteiger partial charge >= 0.3 is 0 Å². The fourth-order valence-electron chi connectivity index (χ4n) is 3.74. The Balaban J connectivity index is 1.73. The Morgan fingerprint density at radius 3 is 2.79 bits per heavy atom. The van der Waals surface area contributed by atoms with Gasteiger partial charge in [-0.15, -0.1) is 0 Å². The number of aliphatic hydroxyl groups is 1. The number of aryl methyl sites for hydroxylation is 1. The summed E-state index contributed by atoms with van der Waals surface area (Å²) in [6, 6.07) is 8.84. The minimum Gasteiger partial charge on any atom is -0.389 e. The second-order valence-corrected chi connectivity index (χ2v) is 7.77. The van der Waals surface area contributed by atoms with Crippen LogP contribution in [0.1, 0.15) is 57.2 Å². The zero-order valence-corrected chi connectivity index (χ0v) is 15.1. The monoisotopic (exact) mass is 324 g/mol. The summed E-state index contributed by atoms with van der Waals surface area (Å²) in [6.45, 7) is 8.68. The van der Waals surface area contributed by atoms with Gasteiger partial charge in [-0.1, -0.05) is 49.8 Å². The van der Waals surface area contributed by atoms with Gasteiger partial charge < -0.3 is 10.5 Å². The molecule has 0 amide bonds. The second kappa shape index (κ2) is 6.56. The number of nitrogens with zero attached hydrogens (tertiary/aromatic N) is 1. The maximum Gasteiger partial charge on any atom is 0.0753 e. The lowest BCUT2D eigenvalue weighted by atomic mass is 9.71. The van der Waals surface area contributed by atoms with Gasteiger partial charge in [-0.25, -0.2) is 0 Å². The van der Waals surface area contributed by atoms with E-state index in [0.29, 0.717) is 0 Å². The number of hydrogen-bond acceptors (Lipinski definition) is 3. The quantitative estimate of drug-likeness (QED) is 0.863. The van der Waals surface area contributed by atoms with E-state index in [2.05, 4.69) is 74.6 Å². The summed E-state index contributed by atoms with van der Waals surface area (Å²) < 4.78 is 0. The summed E-state index contributed by atoms with van der Waals surface area (Å²) in [5.41, 5.74) is 9.34. The Kier molecular flexibility index (Phi) is 4.64. The number of rotatable bonds is 3. The Bertz CT molecular complexity index is 712. The van der Waals surface area contributed by atoms with E-state index >= 15 is 0 Å². The molecule has 3 nitrogen and oxygen atoms in total. The van der Waals surface area contributed by atoms with Crippen molar-refractivity contribution in [1.29, 1.82) is 0 Å². The van der Waals surface area contributed by atoms with Crippen molar-refractivity contribution in [3.05, 3.63) is 58.7 Å². The van der Waals surface area contributed by atoms with Crippen molar-refractivity contribution >= 4 is 5.71 Å². The van der Waals surface area contributed by atoms with E-state index in [0.717, 1.165) is 30.5 Å². The van der Waals surface area contributed by atoms with Crippen LogP contribution in [0.15, 0.2) is 52.7 Å².